The molecule has 0 spiro atoms. The van der Waals surface area contributed by atoms with Crippen LogP contribution in [-0.2, 0) is 6.54 Å². The Labute approximate surface area is 123 Å². The van der Waals surface area contributed by atoms with Crippen molar-refractivity contribution in [3.63, 3.8) is 0 Å². The van der Waals surface area contributed by atoms with Gasteiger partial charge in [0.1, 0.15) is 5.75 Å². The molecule has 1 atom stereocenters. The smallest absolute Gasteiger partial charge is 0.401 e. The van der Waals surface area contributed by atoms with Gasteiger partial charge in [0.15, 0.2) is 0 Å². The molecule has 0 amide bonds. The molecule has 0 aliphatic carbocycles. The zero-order valence-corrected chi connectivity index (χ0v) is 12.1. The van der Waals surface area contributed by atoms with Gasteiger partial charge in [0, 0.05) is 13.1 Å². The van der Waals surface area contributed by atoms with Crippen molar-refractivity contribution in [1.82, 2.24) is 10.2 Å². The lowest BCUT2D eigenvalue weighted by Crippen LogP contribution is -2.33. The highest BCUT2D eigenvalue weighted by molar-refractivity contribution is 5.26. The summed E-state index contributed by atoms with van der Waals surface area (Å²) in [6.07, 6.45) is -3.27. The molecular formula is C15H21F3N2O. The molecule has 1 saturated heterocycles. The first kappa shape index (κ1) is 16.1. The molecule has 0 radical (unpaired) electrons. The summed E-state index contributed by atoms with van der Waals surface area (Å²) in [6.45, 7) is 1.74. The summed E-state index contributed by atoms with van der Waals surface area (Å²) in [5.74, 6) is 1.11. The van der Waals surface area contributed by atoms with Crippen molar-refractivity contribution >= 4 is 0 Å². The van der Waals surface area contributed by atoms with E-state index >= 15 is 0 Å². The Balaban J connectivity index is 1.67. The lowest BCUT2D eigenvalue weighted by Gasteiger charge is -2.18. The van der Waals surface area contributed by atoms with Gasteiger partial charge in [-0.25, -0.2) is 0 Å². The lowest BCUT2D eigenvalue weighted by atomic mass is 10.1. The number of likely N-dealkylation sites (tertiary alicyclic amines) is 1. The van der Waals surface area contributed by atoms with Gasteiger partial charge < -0.3 is 10.1 Å². The van der Waals surface area contributed by atoms with Crippen LogP contribution in [0.5, 0.6) is 5.75 Å². The molecule has 0 saturated carbocycles. The number of ether oxygens (including phenoxy) is 1. The van der Waals surface area contributed by atoms with Crippen LogP contribution in [0.2, 0.25) is 0 Å². The fourth-order valence-electron chi connectivity index (χ4n) is 2.64. The van der Waals surface area contributed by atoms with Gasteiger partial charge >= 0.3 is 6.18 Å². The van der Waals surface area contributed by atoms with Gasteiger partial charge in [0.25, 0.3) is 0 Å². The predicted octanol–water partition coefficient (Wildman–Crippen LogP) is 2.67. The molecule has 0 aromatic heterocycles. The summed E-state index contributed by atoms with van der Waals surface area (Å²) in [4.78, 5) is 1.49. The number of hydrogen-bond donors (Lipinski definition) is 1. The lowest BCUT2D eigenvalue weighted by molar-refractivity contribution is -0.143. The summed E-state index contributed by atoms with van der Waals surface area (Å²) in [5, 5.41) is 3.32. The van der Waals surface area contributed by atoms with Crippen molar-refractivity contribution in [3.8, 4) is 5.75 Å². The number of alkyl halides is 3. The monoisotopic (exact) mass is 302 g/mol. The van der Waals surface area contributed by atoms with Gasteiger partial charge in [-0.3, -0.25) is 4.90 Å². The van der Waals surface area contributed by atoms with E-state index in [0.29, 0.717) is 19.0 Å². The van der Waals surface area contributed by atoms with Crippen LogP contribution < -0.4 is 10.1 Å². The van der Waals surface area contributed by atoms with Gasteiger partial charge in [-0.1, -0.05) is 12.1 Å². The third kappa shape index (κ3) is 5.55. The van der Waals surface area contributed by atoms with Gasteiger partial charge in [0.2, 0.25) is 0 Å². The highest BCUT2D eigenvalue weighted by atomic mass is 19.4. The molecule has 6 heteroatoms. The maximum atomic E-state index is 12.3. The normalized spacial score (nSPS) is 19.9. The third-order valence-electron chi connectivity index (χ3n) is 3.69. The zero-order valence-electron chi connectivity index (χ0n) is 12.1. The van der Waals surface area contributed by atoms with Crippen molar-refractivity contribution in [3.05, 3.63) is 29.8 Å². The molecule has 1 aliphatic rings. The molecule has 118 valence electrons. The van der Waals surface area contributed by atoms with E-state index in [-0.39, 0.29) is 0 Å². The van der Waals surface area contributed by atoms with E-state index in [1.165, 1.54) is 4.90 Å². The minimum atomic E-state index is -4.09. The molecule has 3 nitrogen and oxygen atoms in total. The molecule has 1 aromatic carbocycles. The molecule has 1 aliphatic heterocycles. The van der Waals surface area contributed by atoms with E-state index in [1.54, 1.807) is 7.11 Å². The second-order valence-electron chi connectivity index (χ2n) is 5.48. The quantitative estimate of drug-likeness (QED) is 0.874. The number of nitrogens with zero attached hydrogens (tertiary/aromatic N) is 1. The van der Waals surface area contributed by atoms with E-state index in [2.05, 4.69) is 5.32 Å². The van der Waals surface area contributed by atoms with Gasteiger partial charge in [0.05, 0.1) is 13.7 Å². The fraction of sp³-hybridized carbons (Fsp3) is 0.600. The Hall–Kier alpha value is -1.27. The van der Waals surface area contributed by atoms with Crippen molar-refractivity contribution in [2.75, 3.05) is 33.3 Å². The Kier molecular flexibility index (Phi) is 5.47. The number of methoxy groups -OCH3 is 1. The Morgan fingerprint density at radius 3 is 2.62 bits per heavy atom. The Morgan fingerprint density at radius 1 is 1.29 bits per heavy atom. The Bertz CT molecular complexity index is 434. The SMILES string of the molecule is COc1ccc(CNCC2CCN(CC(F)(F)F)C2)cc1. The molecule has 2 rings (SSSR count). The largest absolute Gasteiger partial charge is 0.497 e. The van der Waals surface area contributed by atoms with Crippen molar-refractivity contribution in [2.24, 2.45) is 5.92 Å². The number of benzene rings is 1. The summed E-state index contributed by atoms with van der Waals surface area (Å²) >= 11 is 0. The van der Waals surface area contributed by atoms with Crippen LogP contribution in [0, 0.1) is 5.92 Å². The first-order valence-electron chi connectivity index (χ1n) is 7.09. The second kappa shape index (κ2) is 7.13. The Morgan fingerprint density at radius 2 is 2.00 bits per heavy atom. The molecule has 1 heterocycles. The van der Waals surface area contributed by atoms with Crippen LogP contribution in [0.1, 0.15) is 12.0 Å². The first-order chi connectivity index (χ1) is 9.96. The minimum absolute atomic E-state index is 0.297. The van der Waals surface area contributed by atoms with Crippen LogP contribution in [0.25, 0.3) is 0 Å². The van der Waals surface area contributed by atoms with Gasteiger partial charge in [-0.2, -0.15) is 13.2 Å². The molecule has 1 unspecified atom stereocenters. The predicted molar refractivity (Wildman–Crippen MR) is 75.3 cm³/mol. The second-order valence-corrected chi connectivity index (χ2v) is 5.48. The third-order valence-corrected chi connectivity index (χ3v) is 3.69. The molecule has 0 bridgehead atoms. The van der Waals surface area contributed by atoms with Crippen LogP contribution in [0.3, 0.4) is 0 Å². The van der Waals surface area contributed by atoms with Crippen molar-refractivity contribution in [1.29, 1.82) is 0 Å². The maximum Gasteiger partial charge on any atom is 0.401 e. The van der Waals surface area contributed by atoms with Gasteiger partial charge in [-0.05, 0) is 43.1 Å². The summed E-state index contributed by atoms with van der Waals surface area (Å²) in [5.41, 5.74) is 1.14. The summed E-state index contributed by atoms with van der Waals surface area (Å²) in [7, 11) is 1.63. The number of halogens is 3. The fourth-order valence-corrected chi connectivity index (χ4v) is 2.64. The number of nitrogens with one attached hydrogen (secondary N) is 1. The first-order valence-corrected chi connectivity index (χ1v) is 7.09. The van der Waals surface area contributed by atoms with E-state index in [1.807, 2.05) is 24.3 Å². The van der Waals surface area contributed by atoms with Crippen LogP contribution in [0.15, 0.2) is 24.3 Å². The molecule has 21 heavy (non-hydrogen) atoms. The highest BCUT2D eigenvalue weighted by Gasteiger charge is 2.34. The molecule has 1 fully saturated rings. The van der Waals surface area contributed by atoms with Crippen LogP contribution >= 0.6 is 0 Å². The van der Waals surface area contributed by atoms with E-state index in [0.717, 1.165) is 30.8 Å². The van der Waals surface area contributed by atoms with E-state index in [9.17, 15) is 13.2 Å². The molecule has 1 aromatic rings. The average Bonchev–Trinajstić information content (AvgIpc) is 2.85. The topological polar surface area (TPSA) is 24.5 Å². The number of hydrogen-bond acceptors (Lipinski definition) is 3. The standard InChI is InChI=1S/C15H21F3N2O/c1-21-14-4-2-12(3-5-14)8-19-9-13-6-7-20(10-13)11-15(16,17)18/h2-5,13,19H,6-11H2,1H3. The van der Waals surface area contributed by atoms with Crippen molar-refractivity contribution in [2.45, 2.75) is 19.1 Å². The number of rotatable bonds is 6. The zero-order chi connectivity index (χ0) is 15.3. The van der Waals surface area contributed by atoms with Gasteiger partial charge in [-0.15, -0.1) is 0 Å². The van der Waals surface area contributed by atoms with Crippen LogP contribution in [-0.4, -0.2) is 44.4 Å². The minimum Gasteiger partial charge on any atom is -0.497 e. The molecular weight excluding hydrogens is 281 g/mol. The summed E-state index contributed by atoms with van der Waals surface area (Å²) < 4.78 is 42.0. The van der Waals surface area contributed by atoms with E-state index < -0.39 is 12.7 Å². The summed E-state index contributed by atoms with van der Waals surface area (Å²) in [6, 6.07) is 7.77. The van der Waals surface area contributed by atoms with Crippen LogP contribution in [0.4, 0.5) is 13.2 Å². The molecule has 1 N–H and O–H groups in total. The maximum absolute atomic E-state index is 12.3. The van der Waals surface area contributed by atoms with E-state index in [4.69, 9.17) is 4.74 Å². The van der Waals surface area contributed by atoms with Crippen molar-refractivity contribution < 1.29 is 17.9 Å². The average molecular weight is 302 g/mol. The highest BCUT2D eigenvalue weighted by Crippen LogP contribution is 2.22.